The predicted octanol–water partition coefficient (Wildman–Crippen LogP) is 2.46. The number of likely N-dealkylation sites (tertiary alicyclic amines) is 1. The fourth-order valence-electron chi connectivity index (χ4n) is 5.47. The third-order valence-electron chi connectivity index (χ3n) is 7.23. The average Bonchev–Trinajstić information content (AvgIpc) is 3.40. The Bertz CT molecular complexity index is 774. The van der Waals surface area contributed by atoms with Gasteiger partial charge in [-0.25, -0.2) is 0 Å². The zero-order valence-corrected chi connectivity index (χ0v) is 19.3. The molecule has 1 aromatic rings. The van der Waals surface area contributed by atoms with Crippen molar-refractivity contribution in [1.29, 1.82) is 0 Å². The van der Waals surface area contributed by atoms with Gasteiger partial charge in [-0.1, -0.05) is 19.1 Å². The zero-order chi connectivity index (χ0) is 21.6. The summed E-state index contributed by atoms with van der Waals surface area (Å²) in [5.41, 5.74) is 2.98. The van der Waals surface area contributed by atoms with Gasteiger partial charge in [-0.05, 0) is 51.1 Å². The van der Waals surface area contributed by atoms with Gasteiger partial charge in [0.15, 0.2) is 5.69 Å². The van der Waals surface area contributed by atoms with Crippen molar-refractivity contribution in [2.75, 3.05) is 46.4 Å². The molecule has 1 amide bonds. The minimum absolute atomic E-state index is 0.0159. The summed E-state index contributed by atoms with van der Waals surface area (Å²) >= 11 is 0. The normalized spacial score (nSPS) is 24.5. The molecule has 1 fully saturated rings. The summed E-state index contributed by atoms with van der Waals surface area (Å²) in [6.45, 7) is 9.40. The lowest BCUT2D eigenvalue weighted by Crippen LogP contribution is -2.40. The van der Waals surface area contributed by atoms with E-state index >= 15 is 0 Å². The SMILES string of the molecule is CCN1CCCC1CNC(=O)c1nn(CCOC)c2c1CN(CC1CC=CCC1)CC2. The maximum atomic E-state index is 13.2. The van der Waals surface area contributed by atoms with Crippen LogP contribution < -0.4 is 5.32 Å². The van der Waals surface area contributed by atoms with Gasteiger partial charge in [0, 0.05) is 57.0 Å². The summed E-state index contributed by atoms with van der Waals surface area (Å²) < 4.78 is 7.30. The standard InChI is InChI=1S/C24H39N5O2/c1-3-28-12-7-10-20(28)16-25-24(30)23-21-18-27(17-19-8-5-4-6-9-19)13-11-22(21)29(26-23)14-15-31-2/h4-5,19-20H,3,6-18H2,1-2H3,(H,25,30). The van der Waals surface area contributed by atoms with Gasteiger partial charge in [0.2, 0.25) is 0 Å². The fourth-order valence-corrected chi connectivity index (χ4v) is 5.47. The van der Waals surface area contributed by atoms with Gasteiger partial charge in [0.05, 0.1) is 13.2 Å². The van der Waals surface area contributed by atoms with Gasteiger partial charge in [-0.3, -0.25) is 19.3 Å². The Balaban J connectivity index is 1.45. The highest BCUT2D eigenvalue weighted by Gasteiger charge is 2.30. The van der Waals surface area contributed by atoms with E-state index in [0.717, 1.165) is 57.0 Å². The van der Waals surface area contributed by atoms with Gasteiger partial charge in [0.25, 0.3) is 5.91 Å². The van der Waals surface area contributed by atoms with Crippen LogP contribution in [0.3, 0.4) is 0 Å². The molecule has 3 heterocycles. The van der Waals surface area contributed by atoms with E-state index in [9.17, 15) is 4.79 Å². The molecule has 2 aliphatic heterocycles. The van der Waals surface area contributed by atoms with Crippen LogP contribution >= 0.6 is 0 Å². The first-order chi connectivity index (χ1) is 15.2. The molecule has 0 bridgehead atoms. The number of rotatable bonds is 9. The number of nitrogens with zero attached hydrogens (tertiary/aromatic N) is 4. The van der Waals surface area contributed by atoms with E-state index in [2.05, 4.69) is 34.2 Å². The van der Waals surface area contributed by atoms with Gasteiger partial charge in [0.1, 0.15) is 0 Å². The number of ether oxygens (including phenoxy) is 1. The second-order valence-corrected chi connectivity index (χ2v) is 9.26. The number of carbonyl (C=O) groups excluding carboxylic acids is 1. The van der Waals surface area contributed by atoms with Crippen molar-refractivity contribution in [1.82, 2.24) is 24.9 Å². The molecule has 0 spiro atoms. The highest BCUT2D eigenvalue weighted by atomic mass is 16.5. The molecule has 2 unspecified atom stereocenters. The molecule has 1 saturated heterocycles. The number of aromatic nitrogens is 2. The maximum Gasteiger partial charge on any atom is 0.272 e. The second kappa shape index (κ2) is 10.7. The van der Waals surface area contributed by atoms with Crippen LogP contribution in [0.1, 0.15) is 60.8 Å². The molecule has 3 aliphatic rings. The monoisotopic (exact) mass is 429 g/mol. The van der Waals surface area contributed by atoms with Crippen LogP contribution in [0, 0.1) is 5.92 Å². The van der Waals surface area contributed by atoms with Crippen LogP contribution in [0.5, 0.6) is 0 Å². The summed E-state index contributed by atoms with van der Waals surface area (Å²) in [4.78, 5) is 18.2. The Kier molecular flexibility index (Phi) is 7.80. The highest BCUT2D eigenvalue weighted by Crippen LogP contribution is 2.26. The van der Waals surface area contributed by atoms with Crippen molar-refractivity contribution in [3.05, 3.63) is 29.1 Å². The molecule has 2 atom stereocenters. The number of hydrogen-bond donors (Lipinski definition) is 1. The van der Waals surface area contributed by atoms with Crippen LogP contribution in [0.25, 0.3) is 0 Å². The van der Waals surface area contributed by atoms with Crippen molar-refractivity contribution >= 4 is 5.91 Å². The van der Waals surface area contributed by atoms with Crippen molar-refractivity contribution < 1.29 is 9.53 Å². The lowest BCUT2D eigenvalue weighted by Gasteiger charge is -2.31. The minimum atomic E-state index is -0.0159. The van der Waals surface area contributed by atoms with Crippen LogP contribution in [-0.2, 0) is 24.2 Å². The molecule has 1 aromatic heterocycles. The predicted molar refractivity (Wildman–Crippen MR) is 122 cm³/mol. The number of hydrogen-bond acceptors (Lipinski definition) is 5. The molecular weight excluding hydrogens is 390 g/mol. The van der Waals surface area contributed by atoms with Crippen molar-refractivity contribution in [3.63, 3.8) is 0 Å². The number of amides is 1. The highest BCUT2D eigenvalue weighted by molar-refractivity contribution is 5.94. The Morgan fingerprint density at radius 1 is 1.29 bits per heavy atom. The largest absolute Gasteiger partial charge is 0.383 e. The maximum absolute atomic E-state index is 13.2. The van der Waals surface area contributed by atoms with Crippen LogP contribution in [0.4, 0.5) is 0 Å². The Morgan fingerprint density at radius 2 is 2.19 bits per heavy atom. The average molecular weight is 430 g/mol. The molecule has 7 heteroatoms. The Morgan fingerprint density at radius 3 is 2.97 bits per heavy atom. The fraction of sp³-hybridized carbons (Fsp3) is 0.750. The van der Waals surface area contributed by atoms with E-state index in [1.807, 2.05) is 4.68 Å². The summed E-state index contributed by atoms with van der Waals surface area (Å²) in [5, 5.41) is 7.97. The molecule has 0 radical (unpaired) electrons. The second-order valence-electron chi connectivity index (χ2n) is 9.26. The molecule has 31 heavy (non-hydrogen) atoms. The number of fused-ring (bicyclic) bond motifs is 1. The van der Waals surface area contributed by atoms with E-state index < -0.39 is 0 Å². The first kappa shape index (κ1) is 22.5. The van der Waals surface area contributed by atoms with Crippen molar-refractivity contribution in [2.24, 2.45) is 5.92 Å². The summed E-state index contributed by atoms with van der Waals surface area (Å²) in [6.07, 6.45) is 11.6. The van der Waals surface area contributed by atoms with E-state index in [1.165, 1.54) is 31.4 Å². The van der Waals surface area contributed by atoms with Crippen LogP contribution in [-0.4, -0.2) is 78.0 Å². The van der Waals surface area contributed by atoms with Gasteiger partial charge < -0.3 is 10.1 Å². The molecular formula is C24H39N5O2. The Labute approximate surface area is 186 Å². The minimum Gasteiger partial charge on any atom is -0.383 e. The van der Waals surface area contributed by atoms with Gasteiger partial charge in [-0.15, -0.1) is 0 Å². The van der Waals surface area contributed by atoms with Crippen LogP contribution in [0.15, 0.2) is 12.2 Å². The van der Waals surface area contributed by atoms with E-state index in [1.54, 1.807) is 7.11 Å². The summed E-state index contributed by atoms with van der Waals surface area (Å²) in [5.74, 6) is 0.715. The number of nitrogens with one attached hydrogen (secondary N) is 1. The Hall–Kier alpha value is -1.70. The molecule has 1 aliphatic carbocycles. The molecule has 0 aromatic carbocycles. The molecule has 0 saturated carbocycles. The van der Waals surface area contributed by atoms with E-state index in [0.29, 0.717) is 31.4 Å². The molecule has 1 N–H and O–H groups in total. The first-order valence-electron chi connectivity index (χ1n) is 12.2. The first-order valence-corrected chi connectivity index (χ1v) is 12.2. The lowest BCUT2D eigenvalue weighted by molar-refractivity contribution is 0.0932. The zero-order valence-electron chi connectivity index (χ0n) is 19.3. The molecule has 172 valence electrons. The number of methoxy groups -OCH3 is 1. The van der Waals surface area contributed by atoms with Crippen molar-refractivity contribution in [2.45, 2.75) is 64.6 Å². The topological polar surface area (TPSA) is 62.6 Å². The third-order valence-corrected chi connectivity index (χ3v) is 7.23. The smallest absolute Gasteiger partial charge is 0.272 e. The third kappa shape index (κ3) is 5.38. The quantitative estimate of drug-likeness (QED) is 0.611. The van der Waals surface area contributed by atoms with E-state index in [-0.39, 0.29) is 5.91 Å². The lowest BCUT2D eigenvalue weighted by atomic mass is 9.93. The van der Waals surface area contributed by atoms with Crippen molar-refractivity contribution in [3.8, 4) is 0 Å². The number of likely N-dealkylation sites (N-methyl/N-ethyl adjacent to an activating group) is 1. The van der Waals surface area contributed by atoms with E-state index in [4.69, 9.17) is 9.84 Å². The molecule has 7 nitrogen and oxygen atoms in total. The summed E-state index contributed by atoms with van der Waals surface area (Å²) in [7, 11) is 1.71. The van der Waals surface area contributed by atoms with Gasteiger partial charge >= 0.3 is 0 Å². The van der Waals surface area contributed by atoms with Gasteiger partial charge in [-0.2, -0.15) is 5.10 Å². The number of allylic oxidation sites excluding steroid dienone is 2. The van der Waals surface area contributed by atoms with Crippen LogP contribution in [0.2, 0.25) is 0 Å². The number of carbonyl (C=O) groups is 1. The molecule has 4 rings (SSSR count). The summed E-state index contributed by atoms with van der Waals surface area (Å²) in [6, 6.07) is 0.455.